The smallest absolute Gasteiger partial charge is 0.151 e. The standard InChI is InChI=1S/C14H13NO2/c1-17-14-5-3-2-4-12(14)8-11-6-7-15-9-13(11)10-16/h2-7,9-10H,8H2,1H3. The molecule has 0 saturated carbocycles. The highest BCUT2D eigenvalue weighted by Gasteiger charge is 2.06. The van der Waals surface area contributed by atoms with E-state index in [1.165, 1.54) is 0 Å². The topological polar surface area (TPSA) is 39.2 Å². The van der Waals surface area contributed by atoms with Crippen molar-refractivity contribution < 1.29 is 9.53 Å². The van der Waals surface area contributed by atoms with E-state index in [4.69, 9.17) is 4.74 Å². The van der Waals surface area contributed by atoms with Crippen LogP contribution in [-0.4, -0.2) is 18.4 Å². The van der Waals surface area contributed by atoms with Crippen LogP contribution in [0.4, 0.5) is 0 Å². The van der Waals surface area contributed by atoms with Gasteiger partial charge >= 0.3 is 0 Å². The summed E-state index contributed by atoms with van der Waals surface area (Å²) in [7, 11) is 1.64. The molecular weight excluding hydrogens is 214 g/mol. The second-order valence-electron chi connectivity index (χ2n) is 3.68. The Hall–Kier alpha value is -2.16. The molecule has 0 spiro atoms. The van der Waals surface area contributed by atoms with Crippen LogP contribution in [0.15, 0.2) is 42.7 Å². The van der Waals surface area contributed by atoms with Gasteiger partial charge in [-0.3, -0.25) is 9.78 Å². The van der Waals surface area contributed by atoms with E-state index in [1.807, 2.05) is 30.3 Å². The monoisotopic (exact) mass is 227 g/mol. The summed E-state index contributed by atoms with van der Waals surface area (Å²) < 4.78 is 5.29. The average Bonchev–Trinajstić information content (AvgIpc) is 2.40. The lowest BCUT2D eigenvalue weighted by molar-refractivity contribution is 0.112. The molecule has 3 nitrogen and oxygen atoms in total. The van der Waals surface area contributed by atoms with E-state index in [9.17, 15) is 4.79 Å². The van der Waals surface area contributed by atoms with Crippen molar-refractivity contribution in [1.82, 2.24) is 4.98 Å². The van der Waals surface area contributed by atoms with Gasteiger partial charge in [-0.25, -0.2) is 0 Å². The van der Waals surface area contributed by atoms with Crippen LogP contribution in [0.5, 0.6) is 5.75 Å². The zero-order chi connectivity index (χ0) is 12.1. The predicted octanol–water partition coefficient (Wildman–Crippen LogP) is 2.49. The lowest BCUT2D eigenvalue weighted by atomic mass is 10.0. The van der Waals surface area contributed by atoms with Gasteiger partial charge in [-0.2, -0.15) is 0 Å². The molecule has 2 rings (SSSR count). The summed E-state index contributed by atoms with van der Waals surface area (Å²) in [4.78, 5) is 14.8. The Balaban J connectivity index is 2.34. The Morgan fingerprint density at radius 1 is 1.24 bits per heavy atom. The number of rotatable bonds is 4. The first-order valence-electron chi connectivity index (χ1n) is 5.35. The van der Waals surface area contributed by atoms with Crippen LogP contribution < -0.4 is 4.74 Å². The highest BCUT2D eigenvalue weighted by Crippen LogP contribution is 2.21. The van der Waals surface area contributed by atoms with E-state index >= 15 is 0 Å². The largest absolute Gasteiger partial charge is 0.496 e. The van der Waals surface area contributed by atoms with Gasteiger partial charge in [0.25, 0.3) is 0 Å². The Labute approximate surface area is 100 Å². The van der Waals surface area contributed by atoms with Crippen molar-refractivity contribution in [2.45, 2.75) is 6.42 Å². The van der Waals surface area contributed by atoms with Crippen molar-refractivity contribution in [2.24, 2.45) is 0 Å². The van der Waals surface area contributed by atoms with Gasteiger partial charge in [0.1, 0.15) is 5.75 Å². The quantitative estimate of drug-likeness (QED) is 0.753. The molecule has 0 aliphatic carbocycles. The van der Waals surface area contributed by atoms with Crippen molar-refractivity contribution in [3.05, 3.63) is 59.4 Å². The van der Waals surface area contributed by atoms with Gasteiger partial charge in [0.05, 0.1) is 7.11 Å². The van der Waals surface area contributed by atoms with Crippen LogP contribution in [-0.2, 0) is 6.42 Å². The molecule has 0 aliphatic rings. The number of methoxy groups -OCH3 is 1. The minimum Gasteiger partial charge on any atom is -0.496 e. The van der Waals surface area contributed by atoms with E-state index < -0.39 is 0 Å². The number of hydrogen-bond acceptors (Lipinski definition) is 3. The summed E-state index contributed by atoms with van der Waals surface area (Å²) in [5.74, 6) is 0.834. The third-order valence-electron chi connectivity index (χ3n) is 2.65. The van der Waals surface area contributed by atoms with E-state index in [1.54, 1.807) is 19.5 Å². The molecule has 0 bridgehead atoms. The first kappa shape index (κ1) is 11.3. The molecule has 0 atom stereocenters. The van der Waals surface area contributed by atoms with Gasteiger partial charge in [-0.1, -0.05) is 18.2 Å². The van der Waals surface area contributed by atoms with Gasteiger partial charge < -0.3 is 4.74 Å². The molecule has 2 aromatic rings. The number of hydrogen-bond donors (Lipinski definition) is 0. The lowest BCUT2D eigenvalue weighted by Gasteiger charge is -2.09. The Kier molecular flexibility index (Phi) is 3.50. The third kappa shape index (κ3) is 2.50. The van der Waals surface area contributed by atoms with E-state index in [0.717, 1.165) is 23.2 Å². The van der Waals surface area contributed by atoms with Crippen molar-refractivity contribution in [2.75, 3.05) is 7.11 Å². The second kappa shape index (κ2) is 5.25. The van der Waals surface area contributed by atoms with Gasteiger partial charge in [-0.05, 0) is 23.3 Å². The Bertz CT molecular complexity index is 523. The molecule has 0 aliphatic heterocycles. The van der Waals surface area contributed by atoms with E-state index in [-0.39, 0.29) is 0 Å². The summed E-state index contributed by atoms with van der Waals surface area (Å²) in [6.07, 6.45) is 4.77. The maximum absolute atomic E-state index is 10.9. The minimum atomic E-state index is 0.624. The molecule has 1 heterocycles. The Morgan fingerprint density at radius 3 is 2.82 bits per heavy atom. The molecule has 0 fully saturated rings. The van der Waals surface area contributed by atoms with Crippen molar-refractivity contribution in [3.8, 4) is 5.75 Å². The third-order valence-corrected chi connectivity index (χ3v) is 2.65. The molecule has 17 heavy (non-hydrogen) atoms. The molecular formula is C14H13NO2. The summed E-state index contributed by atoms with van der Waals surface area (Å²) in [6, 6.07) is 9.65. The van der Waals surface area contributed by atoms with E-state index in [2.05, 4.69) is 4.98 Å². The van der Waals surface area contributed by atoms with Crippen LogP contribution in [0, 0.1) is 0 Å². The van der Waals surface area contributed by atoms with Crippen molar-refractivity contribution >= 4 is 6.29 Å². The average molecular weight is 227 g/mol. The molecule has 1 aromatic carbocycles. The number of ether oxygens (including phenoxy) is 1. The van der Waals surface area contributed by atoms with Crippen LogP contribution >= 0.6 is 0 Å². The zero-order valence-corrected chi connectivity index (χ0v) is 9.59. The number of carbonyl (C=O) groups excluding carboxylic acids is 1. The molecule has 3 heteroatoms. The fraction of sp³-hybridized carbons (Fsp3) is 0.143. The highest BCUT2D eigenvalue weighted by molar-refractivity contribution is 5.76. The van der Waals surface area contributed by atoms with Crippen LogP contribution in [0.1, 0.15) is 21.5 Å². The molecule has 1 aromatic heterocycles. The van der Waals surface area contributed by atoms with Crippen molar-refractivity contribution in [1.29, 1.82) is 0 Å². The number of para-hydroxylation sites is 1. The summed E-state index contributed by atoms with van der Waals surface area (Å²) in [6.45, 7) is 0. The van der Waals surface area contributed by atoms with Crippen LogP contribution in [0.3, 0.4) is 0 Å². The molecule has 0 unspecified atom stereocenters. The first-order valence-corrected chi connectivity index (χ1v) is 5.35. The van der Waals surface area contributed by atoms with Crippen LogP contribution in [0.25, 0.3) is 0 Å². The minimum absolute atomic E-state index is 0.624. The fourth-order valence-corrected chi connectivity index (χ4v) is 1.76. The Morgan fingerprint density at radius 2 is 2.06 bits per heavy atom. The highest BCUT2D eigenvalue weighted by atomic mass is 16.5. The SMILES string of the molecule is COc1ccccc1Cc1ccncc1C=O. The molecule has 0 saturated heterocycles. The maximum atomic E-state index is 10.9. The van der Waals surface area contributed by atoms with Crippen molar-refractivity contribution in [3.63, 3.8) is 0 Å². The molecule has 0 radical (unpaired) electrons. The summed E-state index contributed by atoms with van der Waals surface area (Å²) in [5, 5.41) is 0. The number of aromatic nitrogens is 1. The van der Waals surface area contributed by atoms with Gasteiger partial charge in [-0.15, -0.1) is 0 Å². The zero-order valence-electron chi connectivity index (χ0n) is 9.59. The maximum Gasteiger partial charge on any atom is 0.151 e. The first-order chi connectivity index (χ1) is 8.35. The van der Waals surface area contributed by atoms with Crippen LogP contribution in [0.2, 0.25) is 0 Å². The number of aldehydes is 1. The summed E-state index contributed by atoms with van der Waals surface area (Å²) >= 11 is 0. The summed E-state index contributed by atoms with van der Waals surface area (Å²) in [5.41, 5.74) is 2.64. The van der Waals surface area contributed by atoms with Gasteiger partial charge in [0, 0.05) is 24.4 Å². The molecule has 0 N–H and O–H groups in total. The number of benzene rings is 1. The number of carbonyl (C=O) groups is 1. The fourth-order valence-electron chi connectivity index (χ4n) is 1.76. The van der Waals surface area contributed by atoms with Gasteiger partial charge in [0.15, 0.2) is 6.29 Å². The normalized spacial score (nSPS) is 9.94. The number of pyridine rings is 1. The molecule has 86 valence electrons. The number of nitrogens with zero attached hydrogens (tertiary/aromatic N) is 1. The lowest BCUT2D eigenvalue weighted by Crippen LogP contribution is -1.97. The van der Waals surface area contributed by atoms with Gasteiger partial charge in [0.2, 0.25) is 0 Å². The van der Waals surface area contributed by atoms with E-state index in [0.29, 0.717) is 12.0 Å². The predicted molar refractivity (Wildman–Crippen MR) is 65.4 cm³/mol. The second-order valence-corrected chi connectivity index (χ2v) is 3.68. The molecule has 0 amide bonds.